The minimum absolute atomic E-state index is 0.139. The van der Waals surface area contributed by atoms with Gasteiger partial charge in [-0.2, -0.15) is 0 Å². The molecule has 0 aliphatic heterocycles. The van der Waals surface area contributed by atoms with Crippen LogP contribution in [0.5, 0.6) is 0 Å². The van der Waals surface area contributed by atoms with Gasteiger partial charge in [-0.05, 0) is 41.1 Å². The average molecular weight is 240 g/mol. The van der Waals surface area contributed by atoms with Crippen LogP contribution in [0.4, 0.5) is 5.69 Å². The number of aryl methyl sites for hydroxylation is 1. The summed E-state index contributed by atoms with van der Waals surface area (Å²) in [6.45, 7) is 1.96. The van der Waals surface area contributed by atoms with Crippen LogP contribution in [0.2, 0.25) is 0 Å². The first-order valence-electron chi connectivity index (χ1n) is 5.52. The first-order chi connectivity index (χ1) is 8.66. The van der Waals surface area contributed by atoms with Crippen LogP contribution in [-0.4, -0.2) is 10.8 Å². The average Bonchev–Trinajstić information content (AvgIpc) is 2.38. The Labute approximate surface area is 105 Å². The highest BCUT2D eigenvalue weighted by Crippen LogP contribution is 2.15. The van der Waals surface area contributed by atoms with Crippen LogP contribution in [-0.2, 0) is 0 Å². The van der Waals surface area contributed by atoms with Crippen LogP contribution in [0.25, 0.3) is 0 Å². The molecule has 0 aliphatic rings. The standard InChI is InChI=1S/C14H12N2O2/c1-11-7-9-13(10-8-11)15-14(16(17)18)12-5-3-2-4-6-12/h2-10H,1H3. The Hall–Kier alpha value is -2.49. The molecule has 4 nitrogen and oxygen atoms in total. The second-order valence-corrected chi connectivity index (χ2v) is 3.89. The second-order valence-electron chi connectivity index (χ2n) is 3.89. The number of hydrogen-bond acceptors (Lipinski definition) is 3. The van der Waals surface area contributed by atoms with Crippen molar-refractivity contribution >= 4 is 11.5 Å². The summed E-state index contributed by atoms with van der Waals surface area (Å²) >= 11 is 0. The zero-order chi connectivity index (χ0) is 13.0. The van der Waals surface area contributed by atoms with Gasteiger partial charge in [0.15, 0.2) is 5.69 Å². The maximum absolute atomic E-state index is 11.0. The van der Waals surface area contributed by atoms with Gasteiger partial charge in [-0.3, -0.25) is 0 Å². The fourth-order valence-corrected chi connectivity index (χ4v) is 1.54. The lowest BCUT2D eigenvalue weighted by Gasteiger charge is -1.98. The first kappa shape index (κ1) is 12.0. The Morgan fingerprint density at radius 2 is 1.67 bits per heavy atom. The molecule has 2 aromatic carbocycles. The molecule has 0 unspecified atom stereocenters. The highest BCUT2D eigenvalue weighted by atomic mass is 16.6. The number of nitrogens with zero attached hydrogens (tertiary/aromatic N) is 2. The number of rotatable bonds is 2. The van der Waals surface area contributed by atoms with Crippen molar-refractivity contribution in [3.63, 3.8) is 0 Å². The van der Waals surface area contributed by atoms with E-state index in [2.05, 4.69) is 4.99 Å². The van der Waals surface area contributed by atoms with Crippen LogP contribution in [0.3, 0.4) is 0 Å². The Kier molecular flexibility index (Phi) is 3.48. The third-order valence-corrected chi connectivity index (χ3v) is 2.47. The van der Waals surface area contributed by atoms with Crippen molar-refractivity contribution in [2.24, 2.45) is 4.99 Å². The van der Waals surface area contributed by atoms with Crippen LogP contribution in [0.1, 0.15) is 11.1 Å². The van der Waals surface area contributed by atoms with E-state index in [0.717, 1.165) is 5.56 Å². The molecule has 0 atom stereocenters. The summed E-state index contributed by atoms with van der Waals surface area (Å²) in [7, 11) is 0. The number of benzene rings is 2. The smallest absolute Gasteiger partial charge is 0.358 e. The summed E-state index contributed by atoms with van der Waals surface area (Å²) in [5, 5.41) is 11.0. The summed E-state index contributed by atoms with van der Waals surface area (Å²) in [4.78, 5) is 14.7. The van der Waals surface area contributed by atoms with Gasteiger partial charge in [0.1, 0.15) is 0 Å². The normalized spacial score (nSPS) is 11.3. The van der Waals surface area contributed by atoms with Crippen molar-refractivity contribution in [3.8, 4) is 0 Å². The third kappa shape index (κ3) is 2.79. The van der Waals surface area contributed by atoms with Crippen molar-refractivity contribution < 1.29 is 4.92 Å². The van der Waals surface area contributed by atoms with Gasteiger partial charge < -0.3 is 10.1 Å². The van der Waals surface area contributed by atoms with Gasteiger partial charge in [-0.25, -0.2) is 0 Å². The van der Waals surface area contributed by atoms with E-state index >= 15 is 0 Å². The van der Waals surface area contributed by atoms with Crippen LogP contribution in [0, 0.1) is 17.0 Å². The molecular weight excluding hydrogens is 228 g/mol. The lowest BCUT2D eigenvalue weighted by atomic mass is 10.2. The van der Waals surface area contributed by atoms with Gasteiger partial charge in [0.05, 0.1) is 5.56 Å². The Morgan fingerprint density at radius 1 is 1.06 bits per heavy atom. The molecule has 2 rings (SSSR count). The van der Waals surface area contributed by atoms with E-state index in [1.165, 1.54) is 0 Å². The number of nitro groups is 1. The van der Waals surface area contributed by atoms with Crippen molar-refractivity contribution in [2.75, 3.05) is 0 Å². The van der Waals surface area contributed by atoms with E-state index in [4.69, 9.17) is 0 Å². The van der Waals surface area contributed by atoms with E-state index in [9.17, 15) is 10.1 Å². The van der Waals surface area contributed by atoms with Gasteiger partial charge in [-0.1, -0.05) is 35.9 Å². The molecule has 4 heteroatoms. The van der Waals surface area contributed by atoms with Gasteiger partial charge in [0.25, 0.3) is 0 Å². The number of aliphatic imine (C=N–C) groups is 1. The molecule has 0 aromatic heterocycles. The first-order valence-corrected chi connectivity index (χ1v) is 5.52. The minimum Gasteiger partial charge on any atom is -0.358 e. The molecule has 0 heterocycles. The molecular formula is C14H12N2O2. The molecule has 0 saturated heterocycles. The predicted molar refractivity (Wildman–Crippen MR) is 70.8 cm³/mol. The van der Waals surface area contributed by atoms with Gasteiger partial charge >= 0.3 is 5.84 Å². The summed E-state index contributed by atoms with van der Waals surface area (Å²) < 4.78 is 0. The van der Waals surface area contributed by atoms with Crippen LogP contribution in [0.15, 0.2) is 59.6 Å². The predicted octanol–water partition coefficient (Wildman–Crippen LogP) is 3.35. The molecule has 0 amide bonds. The Bertz CT molecular complexity index is 575. The van der Waals surface area contributed by atoms with Gasteiger partial charge in [-0.15, -0.1) is 0 Å². The fraction of sp³-hybridized carbons (Fsp3) is 0.0714. The Balaban J connectivity index is 2.43. The van der Waals surface area contributed by atoms with Crippen molar-refractivity contribution in [1.82, 2.24) is 0 Å². The molecule has 0 radical (unpaired) electrons. The lowest BCUT2D eigenvalue weighted by molar-refractivity contribution is -0.348. The van der Waals surface area contributed by atoms with E-state index in [0.29, 0.717) is 11.3 Å². The van der Waals surface area contributed by atoms with Gasteiger partial charge in [0.2, 0.25) is 0 Å². The number of amidine groups is 1. The molecule has 0 N–H and O–H groups in total. The highest BCUT2D eigenvalue weighted by Gasteiger charge is 2.15. The molecule has 90 valence electrons. The summed E-state index contributed by atoms with van der Waals surface area (Å²) in [5.41, 5.74) is 2.18. The van der Waals surface area contributed by atoms with Crippen LogP contribution < -0.4 is 0 Å². The van der Waals surface area contributed by atoms with E-state index < -0.39 is 4.92 Å². The third-order valence-electron chi connectivity index (χ3n) is 2.47. The minimum atomic E-state index is -0.463. The van der Waals surface area contributed by atoms with Crippen molar-refractivity contribution in [3.05, 3.63) is 75.8 Å². The SMILES string of the molecule is Cc1ccc(N=C(c2ccccc2)[N+](=O)[O-])cc1. The highest BCUT2D eigenvalue weighted by molar-refractivity contribution is 5.94. The molecule has 18 heavy (non-hydrogen) atoms. The molecule has 0 saturated carbocycles. The topological polar surface area (TPSA) is 55.5 Å². The largest absolute Gasteiger partial charge is 0.371 e. The summed E-state index contributed by atoms with van der Waals surface area (Å²) in [6.07, 6.45) is 0. The molecule has 0 fully saturated rings. The van der Waals surface area contributed by atoms with Crippen LogP contribution >= 0.6 is 0 Å². The van der Waals surface area contributed by atoms with E-state index in [1.807, 2.05) is 25.1 Å². The monoisotopic (exact) mass is 240 g/mol. The number of hydrogen-bond donors (Lipinski definition) is 0. The van der Waals surface area contributed by atoms with E-state index in [1.54, 1.807) is 36.4 Å². The fourth-order valence-electron chi connectivity index (χ4n) is 1.54. The molecule has 0 bridgehead atoms. The molecule has 2 aromatic rings. The van der Waals surface area contributed by atoms with Gasteiger partial charge in [0, 0.05) is 0 Å². The Morgan fingerprint density at radius 3 is 2.22 bits per heavy atom. The zero-order valence-corrected chi connectivity index (χ0v) is 9.91. The maximum atomic E-state index is 11.0. The van der Waals surface area contributed by atoms with Crippen molar-refractivity contribution in [2.45, 2.75) is 6.92 Å². The molecule has 0 aliphatic carbocycles. The summed E-state index contributed by atoms with van der Waals surface area (Å²) in [5.74, 6) is -0.139. The van der Waals surface area contributed by atoms with Crippen molar-refractivity contribution in [1.29, 1.82) is 0 Å². The lowest BCUT2D eigenvalue weighted by Crippen LogP contribution is -2.12. The quantitative estimate of drug-likeness (QED) is 0.350. The zero-order valence-electron chi connectivity index (χ0n) is 9.91. The molecule has 0 spiro atoms. The summed E-state index contributed by atoms with van der Waals surface area (Å²) in [6, 6.07) is 16.0. The maximum Gasteiger partial charge on any atom is 0.371 e. The second kappa shape index (κ2) is 5.23. The van der Waals surface area contributed by atoms with E-state index in [-0.39, 0.29) is 5.84 Å².